The minimum Gasteiger partial charge on any atom is -0.480 e. The number of methoxy groups -OCH3 is 1. The fourth-order valence-electron chi connectivity index (χ4n) is 3.74. The molecule has 0 aliphatic carbocycles. The first-order chi connectivity index (χ1) is 17.3. The van der Waals surface area contributed by atoms with Crippen LogP contribution in [-0.2, 0) is 10.0 Å². The van der Waals surface area contributed by atoms with E-state index in [2.05, 4.69) is 15.2 Å². The fraction of sp³-hybridized carbons (Fsp3) is 0.0800. The summed E-state index contributed by atoms with van der Waals surface area (Å²) in [5.74, 6) is -2.08. The second-order valence-electron chi connectivity index (χ2n) is 7.99. The van der Waals surface area contributed by atoms with Crippen molar-refractivity contribution in [1.82, 2.24) is 10.5 Å². The molecule has 2 heterocycles. The second kappa shape index (κ2) is 9.10. The molecule has 11 heteroatoms. The Hall–Kier alpha value is -4.22. The lowest BCUT2D eigenvalue weighted by Gasteiger charge is -2.21. The molecule has 1 aliphatic rings. The van der Waals surface area contributed by atoms with E-state index in [1.165, 1.54) is 7.11 Å². The van der Waals surface area contributed by atoms with E-state index in [-0.39, 0.29) is 11.6 Å². The van der Waals surface area contributed by atoms with Gasteiger partial charge >= 0.3 is 0 Å². The number of nitrogens with one attached hydrogen (secondary N) is 2. The lowest BCUT2D eigenvalue weighted by atomic mass is 10.1. The van der Waals surface area contributed by atoms with Crippen molar-refractivity contribution in [3.63, 3.8) is 0 Å². The van der Waals surface area contributed by atoms with Gasteiger partial charge in [-0.25, -0.2) is 22.2 Å². The van der Waals surface area contributed by atoms with Gasteiger partial charge in [0.1, 0.15) is 22.2 Å². The van der Waals surface area contributed by atoms with Gasteiger partial charge in [0.25, 0.3) is 10.0 Å². The van der Waals surface area contributed by atoms with Crippen molar-refractivity contribution in [2.24, 2.45) is 0 Å². The molecule has 0 saturated heterocycles. The fourth-order valence-corrected chi connectivity index (χ4v) is 4.85. The van der Waals surface area contributed by atoms with Crippen molar-refractivity contribution in [2.75, 3.05) is 28.9 Å². The molecular weight excluding hydrogens is 488 g/mol. The van der Waals surface area contributed by atoms with Crippen LogP contribution in [0.1, 0.15) is 0 Å². The lowest BCUT2D eigenvalue weighted by molar-refractivity contribution is 0.400. The Balaban J connectivity index is 1.39. The van der Waals surface area contributed by atoms with Crippen LogP contribution < -0.4 is 25.0 Å². The van der Waals surface area contributed by atoms with Crippen LogP contribution in [0.5, 0.6) is 5.88 Å². The number of para-hydroxylation sites is 1. The number of nitrogens with zero attached hydrogens (tertiary/aromatic N) is 3. The Morgan fingerprint density at radius 3 is 2.44 bits per heavy atom. The van der Waals surface area contributed by atoms with E-state index < -0.39 is 26.6 Å². The number of halogens is 2. The Labute approximate surface area is 206 Å². The number of pyridine rings is 1. The minimum absolute atomic E-state index is 0.00402. The van der Waals surface area contributed by atoms with Crippen molar-refractivity contribution in [3.8, 4) is 17.0 Å². The first kappa shape index (κ1) is 23.5. The minimum atomic E-state index is -4.37. The summed E-state index contributed by atoms with van der Waals surface area (Å²) in [5.41, 5.74) is 7.62. The van der Waals surface area contributed by atoms with E-state index in [0.717, 1.165) is 34.8 Å². The highest BCUT2D eigenvalue weighted by atomic mass is 32.2. The van der Waals surface area contributed by atoms with E-state index in [1.54, 1.807) is 12.3 Å². The summed E-state index contributed by atoms with van der Waals surface area (Å²) < 4.78 is 60.5. The van der Waals surface area contributed by atoms with Crippen LogP contribution in [0.4, 0.5) is 31.5 Å². The molecule has 0 radical (unpaired) electrons. The summed E-state index contributed by atoms with van der Waals surface area (Å²) in [5, 5.41) is 3.80. The zero-order valence-corrected chi connectivity index (χ0v) is 20.1. The number of aromatic nitrogens is 1. The van der Waals surface area contributed by atoms with E-state index in [4.69, 9.17) is 4.74 Å². The third-order valence-corrected chi connectivity index (χ3v) is 7.01. The maximum absolute atomic E-state index is 14.1. The largest absolute Gasteiger partial charge is 0.480 e. The highest BCUT2D eigenvalue weighted by Crippen LogP contribution is 2.48. The summed E-state index contributed by atoms with van der Waals surface area (Å²) in [6, 6.07) is 19.3. The maximum Gasteiger partial charge on any atom is 0.264 e. The first-order valence-corrected chi connectivity index (χ1v) is 12.3. The molecule has 0 spiro atoms. The molecule has 0 fully saturated rings. The summed E-state index contributed by atoms with van der Waals surface area (Å²) in [6.45, 7) is 0. The van der Waals surface area contributed by atoms with Crippen molar-refractivity contribution >= 4 is 32.8 Å². The number of anilines is 4. The molecule has 0 unspecified atom stereocenters. The average molecular weight is 510 g/mol. The van der Waals surface area contributed by atoms with Crippen LogP contribution in [-0.4, -0.2) is 27.6 Å². The first-order valence-electron chi connectivity index (χ1n) is 10.8. The molecule has 0 saturated carbocycles. The standard InChI is InChI=1S/C25H21F2N5O3S/c1-31(19-6-4-3-5-7-19)30-32-22-10-8-16(13-23(22)32)17-12-21(25(35-2)28-15-17)29-36(33,34)24-11-9-18(26)14-20(24)27/h3-15,29-30H,1-2H3. The van der Waals surface area contributed by atoms with Gasteiger partial charge in [-0.3, -0.25) is 14.7 Å². The van der Waals surface area contributed by atoms with Gasteiger partial charge in [-0.2, -0.15) is 0 Å². The van der Waals surface area contributed by atoms with Crippen molar-refractivity contribution in [2.45, 2.75) is 4.90 Å². The molecule has 0 bridgehead atoms. The van der Waals surface area contributed by atoms with Gasteiger partial charge in [0.05, 0.1) is 24.2 Å². The van der Waals surface area contributed by atoms with E-state index in [9.17, 15) is 17.2 Å². The highest BCUT2D eigenvalue weighted by molar-refractivity contribution is 7.92. The number of hydrazine groups is 2. The molecule has 5 rings (SSSR count). The van der Waals surface area contributed by atoms with Crippen LogP contribution in [0.2, 0.25) is 0 Å². The lowest BCUT2D eigenvalue weighted by Crippen LogP contribution is -2.39. The summed E-state index contributed by atoms with van der Waals surface area (Å²) in [6.07, 6.45) is 1.55. The third-order valence-electron chi connectivity index (χ3n) is 5.61. The molecule has 36 heavy (non-hydrogen) atoms. The predicted octanol–water partition coefficient (Wildman–Crippen LogP) is 4.84. The zero-order valence-electron chi connectivity index (χ0n) is 19.2. The van der Waals surface area contributed by atoms with Gasteiger partial charge in [0, 0.05) is 24.9 Å². The third kappa shape index (κ3) is 4.53. The van der Waals surface area contributed by atoms with Crippen LogP contribution in [0.25, 0.3) is 11.1 Å². The number of sulfonamides is 1. The number of rotatable bonds is 8. The van der Waals surface area contributed by atoms with Gasteiger partial charge in [-0.05, 0) is 48.0 Å². The molecular formula is C25H21F2N5O3S. The van der Waals surface area contributed by atoms with Crippen molar-refractivity contribution in [1.29, 1.82) is 0 Å². The van der Waals surface area contributed by atoms with E-state index >= 15 is 0 Å². The predicted molar refractivity (Wildman–Crippen MR) is 134 cm³/mol. The zero-order chi connectivity index (χ0) is 25.4. The van der Waals surface area contributed by atoms with Crippen LogP contribution in [0.3, 0.4) is 0 Å². The number of hydrogen-bond acceptors (Lipinski definition) is 7. The maximum atomic E-state index is 14.1. The Morgan fingerprint density at radius 1 is 0.944 bits per heavy atom. The molecule has 1 aromatic heterocycles. The molecule has 3 aromatic carbocycles. The Kier molecular flexibility index (Phi) is 5.94. The van der Waals surface area contributed by atoms with Gasteiger partial charge in [-0.15, -0.1) is 5.53 Å². The molecule has 184 valence electrons. The van der Waals surface area contributed by atoms with Gasteiger partial charge in [0.15, 0.2) is 0 Å². The van der Waals surface area contributed by atoms with Crippen LogP contribution in [0.15, 0.2) is 83.9 Å². The van der Waals surface area contributed by atoms with E-state index in [1.807, 2.05) is 65.6 Å². The second-order valence-corrected chi connectivity index (χ2v) is 9.65. The molecule has 0 atom stereocenters. The van der Waals surface area contributed by atoms with Gasteiger partial charge < -0.3 is 4.74 Å². The smallest absolute Gasteiger partial charge is 0.264 e. The monoisotopic (exact) mass is 509 g/mol. The Bertz CT molecular complexity index is 1550. The summed E-state index contributed by atoms with van der Waals surface area (Å²) in [4.78, 5) is 3.51. The van der Waals surface area contributed by atoms with Crippen molar-refractivity contribution < 1.29 is 21.9 Å². The highest BCUT2D eigenvalue weighted by Gasteiger charge is 2.31. The topological polar surface area (TPSA) is 86.6 Å². The van der Waals surface area contributed by atoms with Gasteiger partial charge in [0.2, 0.25) is 5.88 Å². The Morgan fingerprint density at radius 2 is 1.72 bits per heavy atom. The SMILES string of the molecule is COc1ncc(-c2ccc3c(c2)N3NN(C)c2ccccc2)cc1NS(=O)(=O)c1ccc(F)cc1F. The normalized spacial score (nSPS) is 12.2. The quantitative estimate of drug-likeness (QED) is 0.260. The number of fused-ring (bicyclic) bond motifs is 1. The molecule has 2 N–H and O–H groups in total. The van der Waals surface area contributed by atoms with E-state index in [0.29, 0.717) is 11.6 Å². The van der Waals surface area contributed by atoms with Gasteiger partial charge in [-0.1, -0.05) is 24.3 Å². The van der Waals surface area contributed by atoms with Crippen molar-refractivity contribution in [3.05, 3.63) is 90.6 Å². The summed E-state index contributed by atoms with van der Waals surface area (Å²) in [7, 11) is -1.13. The molecule has 4 aromatic rings. The number of hydrogen-bond donors (Lipinski definition) is 2. The average Bonchev–Trinajstić information content (AvgIpc) is 3.55. The van der Waals surface area contributed by atoms with Crippen LogP contribution in [0, 0.1) is 11.6 Å². The molecule has 8 nitrogen and oxygen atoms in total. The number of ether oxygens (including phenoxy) is 1. The number of benzene rings is 3. The molecule has 0 amide bonds. The molecule has 1 aliphatic heterocycles. The van der Waals surface area contributed by atoms with Crippen LogP contribution >= 0.6 is 0 Å². The summed E-state index contributed by atoms with van der Waals surface area (Å²) >= 11 is 0.